The van der Waals surface area contributed by atoms with Crippen molar-refractivity contribution in [3.8, 4) is 17.6 Å². The van der Waals surface area contributed by atoms with E-state index in [1.165, 1.54) is 19.3 Å². The van der Waals surface area contributed by atoms with Gasteiger partial charge in [0, 0.05) is 10.7 Å². The third-order valence-electron chi connectivity index (χ3n) is 4.09. The first-order chi connectivity index (χ1) is 14.8. The van der Waals surface area contributed by atoms with Gasteiger partial charge in [-0.25, -0.2) is 4.79 Å². The molecule has 0 aromatic heterocycles. The molecule has 0 bridgehead atoms. The maximum Gasteiger partial charge on any atom is 0.343 e. The molecule has 0 saturated heterocycles. The Bertz CT molecular complexity index is 1060. The van der Waals surface area contributed by atoms with Crippen LogP contribution in [0.2, 0.25) is 10.0 Å². The minimum Gasteiger partial charge on any atom is -0.490 e. The monoisotopic (exact) mass is 462 g/mol. The molecule has 0 aliphatic carbocycles. The smallest absolute Gasteiger partial charge is 0.343 e. The molecule has 0 spiro atoms. The molecule has 7 nitrogen and oxygen atoms in total. The number of anilines is 1. The maximum atomic E-state index is 12.6. The Morgan fingerprint density at radius 1 is 1.19 bits per heavy atom. The van der Waals surface area contributed by atoms with Gasteiger partial charge in [-0.3, -0.25) is 4.79 Å². The number of nitriles is 1. The zero-order valence-electron chi connectivity index (χ0n) is 17.1. The van der Waals surface area contributed by atoms with Crippen molar-refractivity contribution in [3.05, 3.63) is 57.1 Å². The molecule has 162 valence electrons. The summed E-state index contributed by atoms with van der Waals surface area (Å²) >= 11 is 12.4. The second-order valence-electron chi connectivity index (χ2n) is 6.16. The third-order valence-corrected chi connectivity index (χ3v) is 4.78. The number of rotatable bonds is 8. The number of esters is 1. The van der Waals surface area contributed by atoms with Crippen LogP contribution in [0.4, 0.5) is 5.69 Å². The van der Waals surface area contributed by atoms with Crippen molar-refractivity contribution in [2.75, 3.05) is 25.6 Å². The molecule has 0 unspecified atom stereocenters. The lowest BCUT2D eigenvalue weighted by Crippen LogP contribution is -2.14. The number of hydrogen-bond donors (Lipinski definition) is 1. The van der Waals surface area contributed by atoms with E-state index in [1.54, 1.807) is 38.1 Å². The summed E-state index contributed by atoms with van der Waals surface area (Å²) in [4.78, 5) is 24.0. The fourth-order valence-electron chi connectivity index (χ4n) is 2.51. The highest BCUT2D eigenvalue weighted by atomic mass is 35.5. The van der Waals surface area contributed by atoms with E-state index in [1.807, 2.05) is 6.07 Å². The van der Waals surface area contributed by atoms with Crippen molar-refractivity contribution in [2.45, 2.75) is 13.8 Å². The van der Waals surface area contributed by atoms with Crippen LogP contribution in [0.1, 0.15) is 18.1 Å². The van der Waals surface area contributed by atoms with Gasteiger partial charge in [0.1, 0.15) is 11.6 Å². The Hall–Kier alpha value is -3.21. The predicted octanol–water partition coefficient (Wildman–Crippen LogP) is 4.80. The molecule has 1 N–H and O–H groups in total. The van der Waals surface area contributed by atoms with Crippen molar-refractivity contribution < 1.29 is 23.8 Å². The molecule has 0 saturated carbocycles. The average Bonchev–Trinajstić information content (AvgIpc) is 2.74. The molecule has 0 fully saturated rings. The van der Waals surface area contributed by atoms with E-state index in [9.17, 15) is 14.9 Å². The molecule has 2 aromatic carbocycles. The fourth-order valence-corrected chi connectivity index (χ4v) is 2.96. The van der Waals surface area contributed by atoms with Gasteiger partial charge >= 0.3 is 5.97 Å². The number of ether oxygens (including phenoxy) is 3. The Labute approximate surface area is 190 Å². The second kappa shape index (κ2) is 11.3. The van der Waals surface area contributed by atoms with E-state index < -0.39 is 11.9 Å². The van der Waals surface area contributed by atoms with Crippen LogP contribution in [0.25, 0.3) is 6.08 Å². The van der Waals surface area contributed by atoms with Crippen molar-refractivity contribution in [3.63, 3.8) is 0 Å². The third kappa shape index (κ3) is 6.38. The Balaban J connectivity index is 2.34. The Morgan fingerprint density at radius 3 is 2.58 bits per heavy atom. The summed E-state index contributed by atoms with van der Waals surface area (Å²) in [6, 6.07) is 10.0. The first-order valence-electron chi connectivity index (χ1n) is 9.14. The number of benzene rings is 2. The molecular weight excluding hydrogens is 443 g/mol. The largest absolute Gasteiger partial charge is 0.490 e. The molecule has 9 heteroatoms. The van der Waals surface area contributed by atoms with Gasteiger partial charge in [-0.15, -0.1) is 0 Å². The van der Waals surface area contributed by atoms with Crippen LogP contribution in [0.5, 0.6) is 11.5 Å². The van der Waals surface area contributed by atoms with E-state index in [4.69, 9.17) is 32.7 Å². The van der Waals surface area contributed by atoms with Crippen molar-refractivity contribution in [1.82, 2.24) is 0 Å². The highest BCUT2D eigenvalue weighted by molar-refractivity contribution is 6.32. The van der Waals surface area contributed by atoms with Crippen LogP contribution >= 0.6 is 23.2 Å². The summed E-state index contributed by atoms with van der Waals surface area (Å²) in [5, 5.41) is 12.8. The van der Waals surface area contributed by atoms with E-state index in [2.05, 4.69) is 10.1 Å². The van der Waals surface area contributed by atoms with Gasteiger partial charge in [0.15, 0.2) is 18.1 Å². The number of halogens is 2. The van der Waals surface area contributed by atoms with Gasteiger partial charge in [-0.05, 0) is 55.3 Å². The van der Waals surface area contributed by atoms with Crippen molar-refractivity contribution >= 4 is 46.8 Å². The van der Waals surface area contributed by atoms with Gasteiger partial charge in [0.25, 0.3) is 5.91 Å². The van der Waals surface area contributed by atoms with E-state index in [0.717, 1.165) is 0 Å². The normalized spacial score (nSPS) is 10.8. The molecule has 0 atom stereocenters. The SMILES string of the molecule is CCOc1cc(/C=C(\C#N)C(=O)Nc2cccc(Cl)c2C)cc(Cl)c1OCC(=O)OC. The zero-order valence-corrected chi connectivity index (χ0v) is 18.6. The van der Waals surface area contributed by atoms with E-state index in [0.29, 0.717) is 28.4 Å². The predicted molar refractivity (Wildman–Crippen MR) is 119 cm³/mol. The molecular formula is C22H20Cl2N2O5. The first-order valence-corrected chi connectivity index (χ1v) is 9.90. The minimum absolute atomic E-state index is 0.143. The van der Waals surface area contributed by atoms with Gasteiger partial charge < -0.3 is 19.5 Å². The number of carbonyl (C=O) groups is 2. The van der Waals surface area contributed by atoms with Crippen molar-refractivity contribution in [1.29, 1.82) is 5.26 Å². The zero-order chi connectivity index (χ0) is 23.0. The maximum absolute atomic E-state index is 12.6. The lowest BCUT2D eigenvalue weighted by atomic mass is 10.1. The summed E-state index contributed by atoms with van der Waals surface area (Å²) < 4.78 is 15.5. The average molecular weight is 463 g/mol. The Kier molecular flexibility index (Phi) is 8.74. The number of nitrogens with zero attached hydrogens (tertiary/aromatic N) is 1. The number of methoxy groups -OCH3 is 1. The van der Waals surface area contributed by atoms with Crippen LogP contribution in [-0.2, 0) is 14.3 Å². The number of carbonyl (C=O) groups excluding carboxylic acids is 2. The second-order valence-corrected chi connectivity index (χ2v) is 6.98. The standard InChI is InChI=1S/C22H20Cl2N2O5/c1-4-30-19-10-14(9-17(24)21(19)31-12-20(27)29-3)8-15(11-25)22(28)26-18-7-5-6-16(23)13(18)2/h5-10H,4,12H2,1-3H3,(H,26,28)/b15-8+. The number of nitrogens with one attached hydrogen (secondary N) is 1. The summed E-state index contributed by atoms with van der Waals surface area (Å²) in [6.07, 6.45) is 1.37. The topological polar surface area (TPSA) is 97.6 Å². The Morgan fingerprint density at radius 2 is 1.94 bits per heavy atom. The molecule has 2 rings (SSSR count). The highest BCUT2D eigenvalue weighted by Gasteiger charge is 2.16. The van der Waals surface area contributed by atoms with E-state index >= 15 is 0 Å². The number of amides is 1. The molecule has 0 aliphatic rings. The quantitative estimate of drug-likeness (QED) is 0.343. The van der Waals surface area contributed by atoms with Gasteiger partial charge in [-0.1, -0.05) is 29.3 Å². The van der Waals surface area contributed by atoms with Gasteiger partial charge in [0.2, 0.25) is 0 Å². The van der Waals surface area contributed by atoms with Crippen LogP contribution in [0, 0.1) is 18.3 Å². The number of hydrogen-bond acceptors (Lipinski definition) is 6. The first kappa shape index (κ1) is 24.1. The lowest BCUT2D eigenvalue weighted by Gasteiger charge is -2.14. The summed E-state index contributed by atoms with van der Waals surface area (Å²) in [5.74, 6) is -0.771. The van der Waals surface area contributed by atoms with Crippen molar-refractivity contribution in [2.24, 2.45) is 0 Å². The van der Waals surface area contributed by atoms with Crippen LogP contribution in [0.15, 0.2) is 35.9 Å². The van der Waals surface area contributed by atoms with Crippen LogP contribution < -0.4 is 14.8 Å². The minimum atomic E-state index is -0.604. The van der Waals surface area contributed by atoms with Gasteiger partial charge in [0.05, 0.1) is 18.7 Å². The summed E-state index contributed by atoms with van der Waals surface area (Å²) in [7, 11) is 1.24. The highest BCUT2D eigenvalue weighted by Crippen LogP contribution is 2.37. The molecule has 0 aliphatic heterocycles. The molecule has 0 heterocycles. The molecule has 2 aromatic rings. The van der Waals surface area contributed by atoms with Gasteiger partial charge in [-0.2, -0.15) is 5.26 Å². The van der Waals surface area contributed by atoms with E-state index in [-0.39, 0.29) is 28.7 Å². The lowest BCUT2D eigenvalue weighted by molar-refractivity contribution is -0.142. The summed E-state index contributed by atoms with van der Waals surface area (Å²) in [5.41, 5.74) is 1.47. The van der Waals surface area contributed by atoms with Crippen LogP contribution in [0.3, 0.4) is 0 Å². The summed E-state index contributed by atoms with van der Waals surface area (Å²) in [6.45, 7) is 3.48. The molecule has 31 heavy (non-hydrogen) atoms. The van der Waals surface area contributed by atoms with Crippen LogP contribution in [-0.4, -0.2) is 32.2 Å². The molecule has 1 amide bonds. The fraction of sp³-hybridized carbons (Fsp3) is 0.227. The molecule has 0 radical (unpaired) electrons.